The summed E-state index contributed by atoms with van der Waals surface area (Å²) in [5, 5.41) is 13.7. The van der Waals surface area contributed by atoms with Crippen LogP contribution >= 0.6 is 34.5 Å². The Labute approximate surface area is 241 Å². The Balaban J connectivity index is 1.17. The molecule has 3 heterocycles. The normalized spacial score (nSPS) is 16.8. The summed E-state index contributed by atoms with van der Waals surface area (Å²) in [6, 6.07) is 16.6. The Morgan fingerprint density at radius 3 is 2.64 bits per heavy atom. The quantitative estimate of drug-likeness (QED) is 0.265. The Morgan fingerprint density at radius 1 is 1.08 bits per heavy atom. The van der Waals surface area contributed by atoms with E-state index in [4.69, 9.17) is 28.2 Å². The monoisotopic (exact) mass is 578 g/mol. The highest BCUT2D eigenvalue weighted by Gasteiger charge is 2.47. The van der Waals surface area contributed by atoms with Gasteiger partial charge in [-0.1, -0.05) is 53.6 Å². The van der Waals surface area contributed by atoms with E-state index in [-0.39, 0.29) is 17.2 Å². The molecule has 0 aliphatic carbocycles. The first-order chi connectivity index (χ1) is 18.9. The van der Waals surface area contributed by atoms with Crippen LogP contribution in [0.1, 0.15) is 29.5 Å². The number of anilines is 1. The number of rotatable bonds is 5. The van der Waals surface area contributed by atoms with Crippen molar-refractivity contribution < 1.29 is 9.90 Å². The molecule has 0 atom stereocenters. The molecule has 2 aliphatic rings. The van der Waals surface area contributed by atoms with Crippen LogP contribution in [0.15, 0.2) is 66.2 Å². The number of hydrogen-bond donors (Lipinski definition) is 2. The molecule has 2 amide bonds. The number of aromatic nitrogens is 1. The number of hydrogen-bond acceptors (Lipinski definition) is 5. The number of phenolic OH excluding ortho intramolecular Hbond substituents is 1. The Morgan fingerprint density at radius 2 is 1.87 bits per heavy atom. The third kappa shape index (κ3) is 5.24. The predicted molar refractivity (Wildman–Crippen MR) is 160 cm³/mol. The summed E-state index contributed by atoms with van der Waals surface area (Å²) in [7, 11) is 0. The molecule has 1 aromatic heterocycles. The van der Waals surface area contributed by atoms with Gasteiger partial charge in [0.05, 0.1) is 31.5 Å². The van der Waals surface area contributed by atoms with Crippen molar-refractivity contribution in [2.45, 2.75) is 24.8 Å². The fourth-order valence-corrected chi connectivity index (χ4v) is 6.72. The zero-order chi connectivity index (χ0) is 27.0. The van der Waals surface area contributed by atoms with Gasteiger partial charge in [0.1, 0.15) is 5.75 Å². The second-order valence-electron chi connectivity index (χ2n) is 10.2. The molecule has 2 N–H and O–H groups in total. The zero-order valence-electron chi connectivity index (χ0n) is 21.2. The molecule has 1 spiro atoms. The Kier molecular flexibility index (Phi) is 7.25. The SMILES string of the molecule is O=C(NCc1ccc(O)cc1)N1CC2(CCN(C/C=C/c3ccc(Cl)c(Cl)c3)CC2)c2c1ccc1scnc21. The standard InChI is InChI=1S/C30H28Cl2N4O2S/c31-23-8-5-20(16-24(23)32)2-1-13-35-14-11-30(12-15-35)18-36(25-9-10-26-28(27(25)30)34-19-39-26)29(38)33-17-21-3-6-22(37)7-4-21/h1-10,16,19,37H,11-15,17-18H2,(H,33,38)/b2-1+. The molecule has 0 radical (unpaired) electrons. The van der Waals surface area contributed by atoms with Crippen LogP contribution in [0.3, 0.4) is 0 Å². The van der Waals surface area contributed by atoms with Crippen molar-refractivity contribution in [3.8, 4) is 5.75 Å². The highest BCUT2D eigenvalue weighted by molar-refractivity contribution is 7.16. The van der Waals surface area contributed by atoms with E-state index in [9.17, 15) is 9.90 Å². The average Bonchev–Trinajstić information content (AvgIpc) is 3.54. The van der Waals surface area contributed by atoms with Crippen molar-refractivity contribution in [1.29, 1.82) is 0 Å². The van der Waals surface area contributed by atoms with E-state index in [1.165, 1.54) is 5.56 Å². The van der Waals surface area contributed by atoms with Gasteiger partial charge in [-0.25, -0.2) is 9.78 Å². The van der Waals surface area contributed by atoms with Crippen LogP contribution < -0.4 is 10.2 Å². The molecule has 200 valence electrons. The average molecular weight is 580 g/mol. The van der Waals surface area contributed by atoms with Crippen molar-refractivity contribution in [3.63, 3.8) is 0 Å². The van der Waals surface area contributed by atoms with Crippen LogP contribution in [0.25, 0.3) is 16.3 Å². The van der Waals surface area contributed by atoms with Gasteiger partial charge in [-0.3, -0.25) is 9.80 Å². The van der Waals surface area contributed by atoms with Gasteiger partial charge in [0.15, 0.2) is 0 Å². The third-order valence-electron chi connectivity index (χ3n) is 7.82. The number of nitrogens with zero attached hydrogens (tertiary/aromatic N) is 3. The molecule has 0 unspecified atom stereocenters. The lowest BCUT2D eigenvalue weighted by Crippen LogP contribution is -2.47. The molecule has 1 saturated heterocycles. The summed E-state index contributed by atoms with van der Waals surface area (Å²) in [5.74, 6) is 0.212. The van der Waals surface area contributed by atoms with E-state index >= 15 is 0 Å². The van der Waals surface area contributed by atoms with Crippen LogP contribution in [0.2, 0.25) is 10.0 Å². The van der Waals surface area contributed by atoms with Crippen molar-refractivity contribution in [2.24, 2.45) is 0 Å². The van der Waals surface area contributed by atoms with E-state index in [0.717, 1.165) is 59.5 Å². The number of thiazole rings is 1. The number of carbonyl (C=O) groups is 1. The number of urea groups is 1. The number of halogens is 2. The smallest absolute Gasteiger partial charge is 0.322 e. The minimum absolute atomic E-state index is 0.109. The molecular weight excluding hydrogens is 551 g/mol. The van der Waals surface area contributed by atoms with Gasteiger partial charge in [-0.2, -0.15) is 0 Å². The summed E-state index contributed by atoms with van der Waals surface area (Å²) < 4.78 is 1.16. The van der Waals surface area contributed by atoms with Gasteiger partial charge in [0.25, 0.3) is 0 Å². The van der Waals surface area contributed by atoms with Crippen molar-refractivity contribution in [2.75, 3.05) is 31.1 Å². The highest BCUT2D eigenvalue weighted by Crippen LogP contribution is 2.50. The maximum Gasteiger partial charge on any atom is 0.322 e. The number of nitrogens with one attached hydrogen (secondary N) is 1. The largest absolute Gasteiger partial charge is 0.508 e. The van der Waals surface area contributed by atoms with E-state index in [0.29, 0.717) is 23.1 Å². The fraction of sp³-hybridized carbons (Fsp3) is 0.267. The first kappa shape index (κ1) is 26.1. The maximum absolute atomic E-state index is 13.4. The van der Waals surface area contributed by atoms with Crippen molar-refractivity contribution >= 4 is 62.5 Å². The van der Waals surface area contributed by atoms with Gasteiger partial charge < -0.3 is 10.4 Å². The highest BCUT2D eigenvalue weighted by atomic mass is 35.5. The van der Waals surface area contributed by atoms with E-state index in [1.807, 2.05) is 40.7 Å². The van der Waals surface area contributed by atoms with Crippen molar-refractivity contribution in [3.05, 3.63) is 92.9 Å². The number of aromatic hydroxyl groups is 1. The maximum atomic E-state index is 13.4. The third-order valence-corrected chi connectivity index (χ3v) is 9.35. The molecule has 39 heavy (non-hydrogen) atoms. The van der Waals surface area contributed by atoms with Crippen LogP contribution in [0.5, 0.6) is 5.75 Å². The summed E-state index contributed by atoms with van der Waals surface area (Å²) in [6.07, 6.45) is 6.16. The lowest BCUT2D eigenvalue weighted by Gasteiger charge is -2.39. The van der Waals surface area contributed by atoms with Gasteiger partial charge >= 0.3 is 6.03 Å². The minimum atomic E-state index is -0.122. The number of amides is 2. The number of fused-ring (bicyclic) bond motifs is 4. The summed E-state index contributed by atoms with van der Waals surface area (Å²) >= 11 is 13.8. The van der Waals surface area contributed by atoms with E-state index in [1.54, 1.807) is 23.5 Å². The van der Waals surface area contributed by atoms with E-state index in [2.05, 4.69) is 34.5 Å². The second-order valence-corrected chi connectivity index (χ2v) is 11.9. The lowest BCUT2D eigenvalue weighted by atomic mass is 9.74. The molecule has 9 heteroatoms. The minimum Gasteiger partial charge on any atom is -0.508 e. The molecular formula is C30H28Cl2N4O2S. The van der Waals surface area contributed by atoms with Crippen LogP contribution in [-0.2, 0) is 12.0 Å². The molecule has 3 aromatic carbocycles. The molecule has 6 nitrogen and oxygen atoms in total. The molecule has 0 bridgehead atoms. The number of phenols is 1. The Hall–Kier alpha value is -3.10. The van der Waals surface area contributed by atoms with Crippen LogP contribution in [0, 0.1) is 0 Å². The molecule has 0 saturated carbocycles. The number of benzene rings is 3. The molecule has 1 fully saturated rings. The predicted octanol–water partition coefficient (Wildman–Crippen LogP) is 7.09. The summed E-state index contributed by atoms with van der Waals surface area (Å²) in [6.45, 7) is 3.77. The van der Waals surface area contributed by atoms with Crippen molar-refractivity contribution in [1.82, 2.24) is 15.2 Å². The number of likely N-dealkylation sites (tertiary alicyclic amines) is 1. The topological polar surface area (TPSA) is 68.7 Å². The lowest BCUT2D eigenvalue weighted by molar-refractivity contribution is 0.180. The molecule has 4 aromatic rings. The summed E-state index contributed by atoms with van der Waals surface area (Å²) in [4.78, 5) is 22.5. The van der Waals surface area contributed by atoms with Crippen LogP contribution in [-0.4, -0.2) is 47.2 Å². The number of piperidine rings is 1. The first-order valence-corrected chi connectivity index (χ1v) is 14.6. The fourth-order valence-electron chi connectivity index (χ4n) is 5.73. The first-order valence-electron chi connectivity index (χ1n) is 13.0. The van der Waals surface area contributed by atoms with E-state index < -0.39 is 0 Å². The van der Waals surface area contributed by atoms with Gasteiger partial charge in [0.2, 0.25) is 0 Å². The van der Waals surface area contributed by atoms with Crippen LogP contribution in [0.4, 0.5) is 10.5 Å². The number of carbonyl (C=O) groups excluding carboxylic acids is 1. The summed E-state index contributed by atoms with van der Waals surface area (Å²) in [5.41, 5.74) is 6.95. The molecule has 6 rings (SSSR count). The molecule has 2 aliphatic heterocycles. The van der Waals surface area contributed by atoms with Gasteiger partial charge in [0, 0.05) is 30.6 Å². The second kappa shape index (κ2) is 10.8. The van der Waals surface area contributed by atoms with Gasteiger partial charge in [-0.15, -0.1) is 11.3 Å². The Bertz CT molecular complexity index is 1540. The van der Waals surface area contributed by atoms with Gasteiger partial charge in [-0.05, 0) is 73.5 Å². The zero-order valence-corrected chi connectivity index (χ0v) is 23.6.